The number of allylic oxidation sites excluding steroid dienone is 1. The molecule has 12 heteroatoms. The largest absolute Gasteiger partial charge is 0.463 e. The Balaban J connectivity index is 0.000000589. The summed E-state index contributed by atoms with van der Waals surface area (Å²) < 4.78 is 90.3. The van der Waals surface area contributed by atoms with Crippen LogP contribution in [-0.2, 0) is 27.5 Å². The Bertz CT molecular complexity index is 1560. The zero-order chi connectivity index (χ0) is 39.5. The lowest BCUT2D eigenvalue weighted by Gasteiger charge is -2.32. The first-order chi connectivity index (χ1) is 25.5. The van der Waals surface area contributed by atoms with Crippen molar-refractivity contribution >= 4 is 30.0 Å². The lowest BCUT2D eigenvalue weighted by atomic mass is 9.84. The summed E-state index contributed by atoms with van der Waals surface area (Å²) in [6.07, 6.45) is -2.59. The molecule has 1 amide bonds. The highest BCUT2D eigenvalue weighted by molar-refractivity contribution is 7.97. The number of hydrogen-bond donors (Lipinski definition) is 0. The molecule has 0 heterocycles. The third-order valence-electron chi connectivity index (χ3n) is 8.50. The highest BCUT2D eigenvalue weighted by atomic mass is 32.2. The van der Waals surface area contributed by atoms with Gasteiger partial charge in [0.05, 0.1) is 18.8 Å². The molecule has 53 heavy (non-hydrogen) atoms. The van der Waals surface area contributed by atoms with Crippen LogP contribution in [0.15, 0.2) is 84.5 Å². The Labute approximate surface area is 314 Å². The molecule has 0 saturated heterocycles. The third kappa shape index (κ3) is 13.5. The summed E-state index contributed by atoms with van der Waals surface area (Å²) in [6, 6.07) is 21.9. The molecule has 5 nitrogen and oxygen atoms in total. The van der Waals surface area contributed by atoms with Crippen LogP contribution in [0.1, 0.15) is 88.0 Å². The number of likely N-dealkylation sites (N-methyl/N-ethyl adjacent to an activating group) is 1. The summed E-state index contributed by atoms with van der Waals surface area (Å²) in [5, 5.41) is -1.98. The van der Waals surface area contributed by atoms with Crippen molar-refractivity contribution in [2.75, 3.05) is 18.5 Å². The van der Waals surface area contributed by atoms with Gasteiger partial charge < -0.3 is 9.64 Å². The molecule has 2 aliphatic rings. The molecule has 5 rings (SSSR count). The SMILES string of the molecule is CC.CC.Cc1ccc(N(Cc2ccc(C3CCCCC3)cc2)C(=O)CN(C)SC2C(F)=C(F)C(F)C(F)C2F)c(F)c1.O=COCc1ccccc1. The molecular weight excluding hydrogens is 715 g/mol. The maximum atomic E-state index is 15.0. The van der Waals surface area contributed by atoms with Crippen molar-refractivity contribution in [2.45, 2.75) is 110 Å². The lowest BCUT2D eigenvalue weighted by Crippen LogP contribution is -2.44. The molecule has 0 aromatic heterocycles. The molecule has 292 valence electrons. The number of rotatable bonds is 11. The fourth-order valence-corrected chi connectivity index (χ4v) is 6.89. The summed E-state index contributed by atoms with van der Waals surface area (Å²) in [4.78, 5) is 24.4. The van der Waals surface area contributed by atoms with E-state index in [4.69, 9.17) is 0 Å². The molecule has 4 unspecified atom stereocenters. The zero-order valence-electron chi connectivity index (χ0n) is 31.3. The highest BCUT2D eigenvalue weighted by Gasteiger charge is 2.48. The third-order valence-corrected chi connectivity index (χ3v) is 9.68. The van der Waals surface area contributed by atoms with E-state index >= 15 is 0 Å². The predicted molar refractivity (Wildman–Crippen MR) is 203 cm³/mol. The van der Waals surface area contributed by atoms with E-state index in [0.29, 0.717) is 36.5 Å². The normalized spacial score (nSPS) is 19.8. The molecule has 0 N–H and O–H groups in total. The Kier molecular flexibility index (Phi) is 20.4. The number of alkyl halides is 3. The van der Waals surface area contributed by atoms with Gasteiger partial charge in [0, 0.05) is 0 Å². The van der Waals surface area contributed by atoms with Gasteiger partial charge in [0.2, 0.25) is 5.91 Å². The number of hydrogen-bond acceptors (Lipinski definition) is 5. The molecule has 0 bridgehead atoms. The fraction of sp³-hybridized carbons (Fsp3) is 0.463. The minimum absolute atomic E-state index is 0.0302. The second kappa shape index (κ2) is 23.8. The quantitative estimate of drug-likeness (QED) is 0.111. The first kappa shape index (κ1) is 45.4. The van der Waals surface area contributed by atoms with E-state index < -0.39 is 53.7 Å². The van der Waals surface area contributed by atoms with Gasteiger partial charge in [-0.3, -0.25) is 9.59 Å². The van der Waals surface area contributed by atoms with Crippen molar-refractivity contribution in [1.29, 1.82) is 0 Å². The van der Waals surface area contributed by atoms with Crippen LogP contribution in [0.3, 0.4) is 0 Å². The molecule has 1 saturated carbocycles. The van der Waals surface area contributed by atoms with Gasteiger partial charge in [-0.15, -0.1) is 0 Å². The van der Waals surface area contributed by atoms with Crippen molar-refractivity contribution in [3.8, 4) is 0 Å². The van der Waals surface area contributed by atoms with Crippen LogP contribution in [0.2, 0.25) is 0 Å². The zero-order valence-corrected chi connectivity index (χ0v) is 32.2. The van der Waals surface area contributed by atoms with Gasteiger partial charge in [-0.2, -0.15) is 0 Å². The van der Waals surface area contributed by atoms with E-state index in [0.717, 1.165) is 28.3 Å². The number of halogens is 6. The van der Waals surface area contributed by atoms with Crippen LogP contribution in [-0.4, -0.2) is 54.0 Å². The molecule has 2 aliphatic carbocycles. The van der Waals surface area contributed by atoms with Gasteiger partial charge >= 0.3 is 0 Å². The minimum Gasteiger partial charge on any atom is -0.463 e. The summed E-state index contributed by atoms with van der Waals surface area (Å²) >= 11 is 0.355. The molecule has 4 atom stereocenters. The summed E-state index contributed by atoms with van der Waals surface area (Å²) in [6.45, 7) is 10.1. The van der Waals surface area contributed by atoms with E-state index in [1.165, 1.54) is 48.9 Å². The van der Waals surface area contributed by atoms with E-state index in [1.54, 1.807) is 13.0 Å². The van der Waals surface area contributed by atoms with Crippen LogP contribution in [0.5, 0.6) is 0 Å². The second-order valence-corrected chi connectivity index (χ2v) is 13.5. The molecule has 3 aromatic rings. The first-order valence-electron chi connectivity index (χ1n) is 18.1. The lowest BCUT2D eigenvalue weighted by molar-refractivity contribution is -0.129. The van der Waals surface area contributed by atoms with E-state index in [2.05, 4.69) is 4.74 Å². The molecule has 0 aliphatic heterocycles. The summed E-state index contributed by atoms with van der Waals surface area (Å²) in [5.41, 5.74) is 3.69. The number of amides is 1. The van der Waals surface area contributed by atoms with Crippen LogP contribution in [0, 0.1) is 12.7 Å². The maximum absolute atomic E-state index is 15.0. The maximum Gasteiger partial charge on any atom is 0.293 e. The number of nitrogens with zero attached hydrogens (tertiary/aromatic N) is 2. The number of anilines is 1. The average Bonchev–Trinajstić information content (AvgIpc) is 3.19. The fourth-order valence-electron chi connectivity index (χ4n) is 5.84. The number of ether oxygens (including phenoxy) is 1. The Morgan fingerprint density at radius 2 is 1.45 bits per heavy atom. The Morgan fingerprint density at radius 1 is 0.830 bits per heavy atom. The Hall–Kier alpha value is -3.77. The van der Waals surface area contributed by atoms with Gasteiger partial charge in [0.15, 0.2) is 30.2 Å². The monoisotopic (exact) mass is 766 g/mol. The topological polar surface area (TPSA) is 49.9 Å². The number of aryl methyl sites for hydroxylation is 1. The van der Waals surface area contributed by atoms with E-state index in [1.807, 2.05) is 82.3 Å². The van der Waals surface area contributed by atoms with Crippen molar-refractivity contribution in [2.24, 2.45) is 0 Å². The van der Waals surface area contributed by atoms with Crippen molar-refractivity contribution in [3.05, 3.63) is 113 Å². The number of benzene rings is 3. The van der Waals surface area contributed by atoms with Gasteiger partial charge in [-0.05, 0) is 67.1 Å². The van der Waals surface area contributed by atoms with Crippen molar-refractivity contribution in [1.82, 2.24) is 4.31 Å². The molecule has 0 radical (unpaired) electrons. The van der Waals surface area contributed by atoms with Crippen molar-refractivity contribution < 1.29 is 40.7 Å². The summed E-state index contributed by atoms with van der Waals surface area (Å²) in [7, 11) is 1.32. The number of carbonyl (C=O) groups excluding carboxylic acids is 2. The predicted octanol–water partition coefficient (Wildman–Crippen LogP) is 11.3. The van der Waals surface area contributed by atoms with Gasteiger partial charge in [0.25, 0.3) is 6.47 Å². The van der Waals surface area contributed by atoms with Crippen LogP contribution in [0.25, 0.3) is 0 Å². The van der Waals surface area contributed by atoms with Gasteiger partial charge in [-0.1, -0.05) is 120 Å². The molecule has 3 aromatic carbocycles. The van der Waals surface area contributed by atoms with Crippen LogP contribution in [0.4, 0.5) is 32.0 Å². The standard InChI is InChI=1S/C29H32F6N2OS.C8H8O2.2C2H6/c1-17-8-13-22(21(30)14-17)37(15-18-9-11-20(12-10-18)19-6-4-3-5-7-19)23(38)16-36(2)39-29-27(34)25(32)24(31)26(33)28(29)35;9-7-10-6-8-4-2-1-3-5-8;2*1-2/h8-14,19,24-25,27,29H,3-7,15-16H2,1-2H3;1-5,7H,6H2;2*1-2H3. The van der Waals surface area contributed by atoms with Crippen molar-refractivity contribution in [3.63, 3.8) is 0 Å². The number of carbonyl (C=O) groups is 2. The smallest absolute Gasteiger partial charge is 0.293 e. The van der Waals surface area contributed by atoms with Crippen LogP contribution >= 0.6 is 11.9 Å². The molecule has 0 spiro atoms. The first-order valence-corrected chi connectivity index (χ1v) is 18.9. The second-order valence-electron chi connectivity index (χ2n) is 12.2. The minimum atomic E-state index is -3.01. The van der Waals surface area contributed by atoms with E-state index in [-0.39, 0.29) is 12.2 Å². The molecular formula is C41H52F6N2O3S. The van der Waals surface area contributed by atoms with Gasteiger partial charge in [-0.25, -0.2) is 30.6 Å². The summed E-state index contributed by atoms with van der Waals surface area (Å²) in [5.74, 6) is -4.42. The molecule has 1 fully saturated rings. The average molecular weight is 767 g/mol. The van der Waals surface area contributed by atoms with Crippen LogP contribution < -0.4 is 4.90 Å². The van der Waals surface area contributed by atoms with E-state index in [9.17, 15) is 35.9 Å². The Morgan fingerprint density at radius 3 is 2.04 bits per heavy atom. The highest BCUT2D eigenvalue weighted by Crippen LogP contribution is 2.41. The van der Waals surface area contributed by atoms with Gasteiger partial charge in [0.1, 0.15) is 17.7 Å².